The van der Waals surface area contributed by atoms with Gasteiger partial charge in [-0.2, -0.15) is 0 Å². The maximum atomic E-state index is 11.6. The van der Waals surface area contributed by atoms with Crippen molar-refractivity contribution >= 4 is 12.1 Å². The maximum Gasteiger partial charge on any atom is 0.516 e. The summed E-state index contributed by atoms with van der Waals surface area (Å²) < 4.78 is 9.47. The molecule has 0 aliphatic heterocycles. The Morgan fingerprint density at radius 2 is 1.52 bits per heavy atom. The van der Waals surface area contributed by atoms with Gasteiger partial charge in [0.15, 0.2) is 0 Å². The summed E-state index contributed by atoms with van der Waals surface area (Å²) >= 11 is 0. The number of nitrogens with two attached hydrogens (primary N) is 1. The Balaban J connectivity index is 3.73. The molecule has 5 nitrogen and oxygen atoms in total. The van der Waals surface area contributed by atoms with Crippen molar-refractivity contribution in [2.45, 2.75) is 90.7 Å². The minimum atomic E-state index is -0.984. The van der Waals surface area contributed by atoms with E-state index in [4.69, 9.17) is 10.5 Å². The summed E-state index contributed by atoms with van der Waals surface area (Å²) in [5.41, 5.74) is 5.03. The van der Waals surface area contributed by atoms with E-state index >= 15 is 0 Å². The van der Waals surface area contributed by atoms with Crippen molar-refractivity contribution < 1.29 is 19.1 Å². The van der Waals surface area contributed by atoms with Crippen LogP contribution in [0.1, 0.15) is 79.1 Å². The third kappa shape index (κ3) is 12.4. The Morgan fingerprint density at radius 1 is 1.00 bits per heavy atom. The Hall–Kier alpha value is -1.10. The molecule has 2 N–H and O–H groups in total. The molecule has 1 unspecified atom stereocenters. The van der Waals surface area contributed by atoms with Crippen LogP contribution in [0.2, 0.25) is 0 Å². The summed E-state index contributed by atoms with van der Waals surface area (Å²) in [6, 6.07) is -0.756. The summed E-state index contributed by atoms with van der Waals surface area (Å²) in [4.78, 5) is 22.9. The smallest absolute Gasteiger partial charge is 0.428 e. The van der Waals surface area contributed by atoms with Gasteiger partial charge in [-0.15, -0.1) is 0 Å². The molecule has 0 saturated carbocycles. The van der Waals surface area contributed by atoms with Crippen LogP contribution in [0.4, 0.5) is 4.79 Å². The van der Waals surface area contributed by atoms with Gasteiger partial charge in [-0.1, -0.05) is 51.9 Å². The largest absolute Gasteiger partial charge is 0.516 e. The van der Waals surface area contributed by atoms with Gasteiger partial charge in [0.05, 0.1) is 0 Å². The predicted octanol–water partition coefficient (Wildman–Crippen LogP) is 3.93. The highest BCUT2D eigenvalue weighted by atomic mass is 16.7. The second-order valence-corrected chi connectivity index (χ2v) is 6.40. The topological polar surface area (TPSA) is 78.6 Å². The van der Waals surface area contributed by atoms with Gasteiger partial charge >= 0.3 is 12.1 Å². The minimum Gasteiger partial charge on any atom is -0.428 e. The summed E-state index contributed by atoms with van der Waals surface area (Å²) in [6.07, 6.45) is 7.65. The van der Waals surface area contributed by atoms with Gasteiger partial charge in [-0.3, -0.25) is 0 Å². The molecular formula is C16H31NO4. The van der Waals surface area contributed by atoms with Crippen molar-refractivity contribution in [2.75, 3.05) is 0 Å². The van der Waals surface area contributed by atoms with Gasteiger partial charge < -0.3 is 15.2 Å². The maximum absolute atomic E-state index is 11.6. The lowest BCUT2D eigenvalue weighted by atomic mass is 10.1. The first kappa shape index (κ1) is 19.9. The molecule has 5 heteroatoms. The molecule has 124 valence electrons. The molecule has 1 atom stereocenters. The van der Waals surface area contributed by atoms with Crippen LogP contribution in [0.3, 0.4) is 0 Å². The SMILES string of the molecule is CCCCCCCCCC(N)C(=O)OC(=O)OC(C)(C)C. The molecule has 0 spiro atoms. The Bertz CT molecular complexity index is 310. The van der Waals surface area contributed by atoms with Crippen molar-refractivity contribution in [1.82, 2.24) is 0 Å². The Morgan fingerprint density at radius 3 is 2.05 bits per heavy atom. The first-order valence-corrected chi connectivity index (χ1v) is 7.96. The summed E-state index contributed by atoms with van der Waals surface area (Å²) in [7, 11) is 0. The number of carbonyl (C=O) groups is 2. The van der Waals surface area contributed by atoms with Crippen LogP contribution in [0.5, 0.6) is 0 Å². The quantitative estimate of drug-likeness (QED) is 0.396. The summed E-state index contributed by atoms with van der Waals surface area (Å²) in [5.74, 6) is -0.713. The van der Waals surface area contributed by atoms with Gasteiger partial charge in [0.25, 0.3) is 0 Å². The van der Waals surface area contributed by atoms with Gasteiger partial charge in [0.2, 0.25) is 0 Å². The van der Waals surface area contributed by atoms with E-state index in [0.29, 0.717) is 6.42 Å². The molecule has 0 aromatic heterocycles. The van der Waals surface area contributed by atoms with E-state index in [0.717, 1.165) is 19.3 Å². The van der Waals surface area contributed by atoms with Crippen LogP contribution in [-0.2, 0) is 14.3 Å². The average molecular weight is 301 g/mol. The third-order valence-electron chi connectivity index (χ3n) is 2.99. The fourth-order valence-corrected chi connectivity index (χ4v) is 1.87. The molecule has 0 fully saturated rings. The fraction of sp³-hybridized carbons (Fsp3) is 0.875. The minimum absolute atomic E-state index is 0.537. The fourth-order valence-electron chi connectivity index (χ4n) is 1.87. The first-order chi connectivity index (χ1) is 9.76. The van der Waals surface area contributed by atoms with Crippen LogP contribution < -0.4 is 5.73 Å². The normalized spacial score (nSPS) is 12.8. The molecule has 0 rings (SSSR count). The standard InChI is InChI=1S/C16H31NO4/c1-5-6-7-8-9-10-11-12-13(17)14(18)20-15(19)21-16(2,3)4/h13H,5-12,17H2,1-4H3. The number of ether oxygens (including phenoxy) is 2. The molecule has 0 aliphatic rings. The molecule has 0 radical (unpaired) electrons. The van der Waals surface area contributed by atoms with Crippen molar-refractivity contribution in [3.05, 3.63) is 0 Å². The summed E-state index contributed by atoms with van der Waals surface area (Å²) in [5, 5.41) is 0. The lowest BCUT2D eigenvalue weighted by Gasteiger charge is -2.19. The molecule has 0 bridgehead atoms. The monoisotopic (exact) mass is 301 g/mol. The van der Waals surface area contributed by atoms with Crippen molar-refractivity contribution in [2.24, 2.45) is 5.73 Å². The number of hydrogen-bond donors (Lipinski definition) is 1. The van der Waals surface area contributed by atoms with E-state index < -0.39 is 23.8 Å². The van der Waals surface area contributed by atoms with Crippen molar-refractivity contribution in [1.29, 1.82) is 0 Å². The second-order valence-electron chi connectivity index (χ2n) is 6.40. The summed E-state index contributed by atoms with van der Waals surface area (Å²) in [6.45, 7) is 7.31. The molecule has 0 saturated heterocycles. The first-order valence-electron chi connectivity index (χ1n) is 7.96. The number of hydrogen-bond acceptors (Lipinski definition) is 5. The Kier molecular flexibility index (Phi) is 10.0. The van der Waals surface area contributed by atoms with Gasteiger partial charge in [-0.05, 0) is 27.2 Å². The van der Waals surface area contributed by atoms with Crippen LogP contribution in [0.15, 0.2) is 0 Å². The second kappa shape index (κ2) is 10.6. The van der Waals surface area contributed by atoms with E-state index in [-0.39, 0.29) is 0 Å². The number of unbranched alkanes of at least 4 members (excludes halogenated alkanes) is 6. The molecule has 0 amide bonds. The van der Waals surface area contributed by atoms with Crippen LogP contribution in [0.25, 0.3) is 0 Å². The predicted molar refractivity (Wildman–Crippen MR) is 82.9 cm³/mol. The highest BCUT2D eigenvalue weighted by molar-refractivity contribution is 5.85. The van der Waals surface area contributed by atoms with Gasteiger partial charge in [-0.25, -0.2) is 9.59 Å². The number of rotatable bonds is 9. The zero-order valence-corrected chi connectivity index (χ0v) is 13.9. The van der Waals surface area contributed by atoms with Gasteiger partial charge in [0.1, 0.15) is 11.6 Å². The average Bonchev–Trinajstić information content (AvgIpc) is 2.34. The van der Waals surface area contributed by atoms with Crippen LogP contribution in [-0.4, -0.2) is 23.8 Å². The molecule has 0 aromatic rings. The highest BCUT2D eigenvalue weighted by Crippen LogP contribution is 2.11. The highest BCUT2D eigenvalue weighted by Gasteiger charge is 2.23. The number of carbonyl (C=O) groups excluding carboxylic acids is 2. The third-order valence-corrected chi connectivity index (χ3v) is 2.99. The number of esters is 1. The van der Waals surface area contributed by atoms with Crippen molar-refractivity contribution in [3.63, 3.8) is 0 Å². The van der Waals surface area contributed by atoms with Gasteiger partial charge in [0, 0.05) is 0 Å². The molecule has 0 aromatic carbocycles. The lowest BCUT2D eigenvalue weighted by molar-refractivity contribution is -0.143. The van der Waals surface area contributed by atoms with E-state index in [9.17, 15) is 9.59 Å². The van der Waals surface area contributed by atoms with E-state index in [1.165, 1.54) is 25.7 Å². The zero-order chi connectivity index (χ0) is 16.3. The van der Waals surface area contributed by atoms with E-state index in [1.807, 2.05) is 0 Å². The van der Waals surface area contributed by atoms with Crippen LogP contribution >= 0.6 is 0 Å². The van der Waals surface area contributed by atoms with Crippen LogP contribution in [0, 0.1) is 0 Å². The Labute approximate surface area is 128 Å². The molecule has 21 heavy (non-hydrogen) atoms. The molecule has 0 heterocycles. The van der Waals surface area contributed by atoms with E-state index in [2.05, 4.69) is 11.7 Å². The zero-order valence-electron chi connectivity index (χ0n) is 13.9. The van der Waals surface area contributed by atoms with Crippen molar-refractivity contribution in [3.8, 4) is 0 Å². The molecular weight excluding hydrogens is 270 g/mol. The lowest BCUT2D eigenvalue weighted by Crippen LogP contribution is -2.35. The molecule has 0 aliphatic carbocycles. The van der Waals surface area contributed by atoms with E-state index in [1.54, 1.807) is 20.8 Å².